The van der Waals surface area contributed by atoms with Crippen molar-refractivity contribution in [1.82, 2.24) is 4.57 Å². The average Bonchev–Trinajstić information content (AvgIpc) is 3.34. The van der Waals surface area contributed by atoms with E-state index < -0.39 is 60.1 Å². The second-order valence-electron chi connectivity index (χ2n) is 10.3. The molecule has 2 heterocycles. The molecule has 1 fully saturated rings. The molecule has 2 unspecified atom stereocenters. The molecular formula is C33H33FN2O5. The normalized spacial score (nSPS) is 18.7. The van der Waals surface area contributed by atoms with E-state index in [0.717, 1.165) is 0 Å². The quantitative estimate of drug-likeness (QED) is 0.168. The molecule has 2 atom stereocenters. The van der Waals surface area contributed by atoms with Gasteiger partial charge in [-0.1, -0.05) is 44.1 Å². The van der Waals surface area contributed by atoms with Gasteiger partial charge in [-0.15, -0.1) is 0 Å². The van der Waals surface area contributed by atoms with E-state index in [9.17, 15) is 24.2 Å². The van der Waals surface area contributed by atoms with Crippen molar-refractivity contribution in [3.8, 4) is 28.1 Å². The summed E-state index contributed by atoms with van der Waals surface area (Å²) in [5, 5.41) is 22.8. The van der Waals surface area contributed by atoms with E-state index in [1.165, 1.54) is 48.5 Å². The van der Waals surface area contributed by atoms with Crippen molar-refractivity contribution in [3.05, 3.63) is 95.8 Å². The fraction of sp³-hybridized carbons (Fsp3) is 0.273. The maximum absolute atomic E-state index is 14.3. The number of aliphatic hydroxyl groups is 1. The number of phenols is 1. The minimum Gasteiger partial charge on any atom is -0.508 e. The first kappa shape index (κ1) is 22.3. The van der Waals surface area contributed by atoms with Gasteiger partial charge in [0, 0.05) is 36.3 Å². The van der Waals surface area contributed by atoms with Gasteiger partial charge in [0.05, 0.1) is 30.6 Å². The summed E-state index contributed by atoms with van der Waals surface area (Å²) < 4.78 is 64.1. The van der Waals surface area contributed by atoms with E-state index in [1.807, 2.05) is 13.8 Å². The number of phenolic OH excluding ortho intramolecular Hbond substituents is 1. The number of hydrogen-bond donors (Lipinski definition) is 3. The number of aromatic nitrogens is 1. The molecule has 7 nitrogen and oxygen atoms in total. The van der Waals surface area contributed by atoms with Gasteiger partial charge < -0.3 is 24.8 Å². The van der Waals surface area contributed by atoms with Crippen LogP contribution < -0.4 is 5.32 Å². The van der Waals surface area contributed by atoms with Crippen LogP contribution in [0.1, 0.15) is 61.9 Å². The maximum Gasteiger partial charge on any atom is 0.308 e. The molecule has 5 rings (SSSR count). The maximum atomic E-state index is 14.3. The molecule has 41 heavy (non-hydrogen) atoms. The number of carbonyl (C=O) groups is 2. The monoisotopic (exact) mass is 561 g/mol. The van der Waals surface area contributed by atoms with Gasteiger partial charge in [0.25, 0.3) is 5.91 Å². The van der Waals surface area contributed by atoms with Crippen LogP contribution in [0.15, 0.2) is 78.7 Å². The van der Waals surface area contributed by atoms with E-state index in [2.05, 4.69) is 5.32 Å². The van der Waals surface area contributed by atoms with Crippen LogP contribution in [-0.4, -0.2) is 38.9 Å². The van der Waals surface area contributed by atoms with Gasteiger partial charge in [-0.3, -0.25) is 9.59 Å². The zero-order valence-electron chi connectivity index (χ0n) is 27.6. The number of esters is 1. The summed E-state index contributed by atoms with van der Waals surface area (Å²) in [5.74, 6) is -2.08. The summed E-state index contributed by atoms with van der Waals surface area (Å²) in [6.07, 6.45) is -1.19. The lowest BCUT2D eigenvalue weighted by molar-refractivity contribution is -0.160. The zero-order valence-corrected chi connectivity index (χ0v) is 22.6. The van der Waals surface area contributed by atoms with Gasteiger partial charge in [-0.25, -0.2) is 4.39 Å². The summed E-state index contributed by atoms with van der Waals surface area (Å²) in [6.45, 7) is 3.82. The SMILES string of the molecule is [2H]c1c([2H])c([2H])c(-c2c(C(=O)Nc3ccc(O)cc3)c(C(C)C)n(CCC3CC(O)CC(=O)O3)c2-c2ccc(F)cc2)c([2H])c1[2H]. The van der Waals surface area contributed by atoms with Crippen LogP contribution in [0.2, 0.25) is 0 Å². The molecule has 3 N–H and O–H groups in total. The van der Waals surface area contributed by atoms with Gasteiger partial charge >= 0.3 is 5.97 Å². The molecule has 4 aromatic rings. The second-order valence-corrected chi connectivity index (χ2v) is 10.3. The number of halogens is 1. The van der Waals surface area contributed by atoms with Crippen molar-refractivity contribution in [1.29, 1.82) is 0 Å². The molecule has 1 aromatic heterocycles. The van der Waals surface area contributed by atoms with E-state index >= 15 is 0 Å². The number of benzene rings is 3. The predicted octanol–water partition coefficient (Wildman–Crippen LogP) is 6.50. The predicted molar refractivity (Wildman–Crippen MR) is 155 cm³/mol. The molecule has 0 bridgehead atoms. The Hall–Kier alpha value is -4.43. The van der Waals surface area contributed by atoms with Gasteiger partial charge in [0.2, 0.25) is 0 Å². The van der Waals surface area contributed by atoms with Crippen LogP contribution in [0.4, 0.5) is 10.1 Å². The third-order valence-electron chi connectivity index (χ3n) is 6.98. The molecule has 1 saturated heterocycles. The Balaban J connectivity index is 1.83. The standard InChI is InChI=1S/C33H33FN2O5/c1-20(2)31-30(33(40)35-24-12-14-25(37)15-13-24)29(21-6-4-3-5-7-21)32(22-8-10-23(34)11-9-22)36(31)17-16-27-18-26(38)19-28(39)41-27/h3-15,20,26-27,37-38H,16-19H2,1-2H3,(H,35,40)/i3D,4D,5D,6D,7D. The highest BCUT2D eigenvalue weighted by Crippen LogP contribution is 2.43. The van der Waals surface area contributed by atoms with Crippen molar-refractivity contribution in [2.24, 2.45) is 0 Å². The molecule has 0 spiro atoms. The lowest BCUT2D eigenvalue weighted by Crippen LogP contribution is -2.33. The Morgan fingerprint density at radius 3 is 2.41 bits per heavy atom. The number of nitrogens with zero attached hydrogens (tertiary/aromatic N) is 1. The Kier molecular flexibility index (Phi) is 6.51. The van der Waals surface area contributed by atoms with Gasteiger partial charge in [-0.2, -0.15) is 0 Å². The number of aromatic hydroxyl groups is 1. The van der Waals surface area contributed by atoms with Crippen LogP contribution in [0.3, 0.4) is 0 Å². The number of anilines is 1. The number of carbonyl (C=O) groups excluding carboxylic acids is 2. The molecule has 212 valence electrons. The lowest BCUT2D eigenvalue weighted by Gasteiger charge is -2.27. The fourth-order valence-corrected chi connectivity index (χ4v) is 5.28. The number of cyclic esters (lactones) is 1. The van der Waals surface area contributed by atoms with Crippen molar-refractivity contribution in [2.75, 3.05) is 5.32 Å². The van der Waals surface area contributed by atoms with Crippen LogP contribution in [0.25, 0.3) is 22.4 Å². The Bertz CT molecular complexity index is 1780. The average molecular weight is 562 g/mol. The van der Waals surface area contributed by atoms with Gasteiger partial charge in [0.15, 0.2) is 0 Å². The summed E-state index contributed by atoms with van der Waals surface area (Å²) in [7, 11) is 0. The molecule has 0 aliphatic carbocycles. The smallest absolute Gasteiger partial charge is 0.308 e. The van der Waals surface area contributed by atoms with E-state index in [1.54, 1.807) is 4.57 Å². The van der Waals surface area contributed by atoms with Crippen molar-refractivity contribution < 1.29 is 35.8 Å². The molecule has 0 radical (unpaired) electrons. The first-order valence-electron chi connectivity index (χ1n) is 15.9. The largest absolute Gasteiger partial charge is 0.508 e. The zero-order chi connectivity index (χ0) is 33.4. The number of nitrogens with one attached hydrogen (secondary N) is 1. The van der Waals surface area contributed by atoms with Crippen LogP contribution in [0.5, 0.6) is 5.75 Å². The van der Waals surface area contributed by atoms with Crippen molar-refractivity contribution in [3.63, 3.8) is 0 Å². The van der Waals surface area contributed by atoms with E-state index in [-0.39, 0.29) is 54.2 Å². The van der Waals surface area contributed by atoms with Gasteiger partial charge in [0.1, 0.15) is 17.7 Å². The van der Waals surface area contributed by atoms with Crippen molar-refractivity contribution in [2.45, 2.75) is 57.8 Å². The minimum absolute atomic E-state index is 0.0148. The van der Waals surface area contributed by atoms with Gasteiger partial charge in [-0.05, 0) is 65.6 Å². The molecule has 1 aliphatic rings. The Morgan fingerprint density at radius 1 is 1.10 bits per heavy atom. The second kappa shape index (κ2) is 12.0. The highest BCUT2D eigenvalue weighted by atomic mass is 19.1. The molecular weight excluding hydrogens is 523 g/mol. The van der Waals surface area contributed by atoms with Crippen molar-refractivity contribution >= 4 is 17.6 Å². The number of ether oxygens (including phenoxy) is 1. The summed E-state index contributed by atoms with van der Waals surface area (Å²) >= 11 is 0. The van der Waals surface area contributed by atoms with Crippen LogP contribution >= 0.6 is 0 Å². The molecule has 1 amide bonds. The highest BCUT2D eigenvalue weighted by Gasteiger charge is 2.32. The first-order chi connectivity index (χ1) is 21.8. The third-order valence-corrected chi connectivity index (χ3v) is 6.98. The van der Waals surface area contributed by atoms with Crippen LogP contribution in [-0.2, 0) is 16.1 Å². The number of hydrogen-bond acceptors (Lipinski definition) is 5. The van der Waals surface area contributed by atoms with Crippen LogP contribution in [0, 0.1) is 5.82 Å². The summed E-state index contributed by atoms with van der Waals surface area (Å²) in [5.41, 5.74) is 1.41. The third kappa shape index (κ3) is 6.18. The summed E-state index contributed by atoms with van der Waals surface area (Å²) in [4.78, 5) is 26.4. The molecule has 8 heteroatoms. The molecule has 1 aliphatic heterocycles. The van der Waals surface area contributed by atoms with E-state index in [0.29, 0.717) is 22.6 Å². The number of amides is 1. The summed E-state index contributed by atoms with van der Waals surface area (Å²) in [6, 6.07) is 8.36. The Morgan fingerprint density at radius 2 is 1.78 bits per heavy atom. The molecule has 3 aromatic carbocycles. The fourth-order valence-electron chi connectivity index (χ4n) is 5.28. The number of rotatable bonds is 8. The number of aliphatic hydroxyl groups excluding tert-OH is 1. The molecule has 0 saturated carbocycles. The Labute approximate surface area is 245 Å². The topological polar surface area (TPSA) is 101 Å². The first-order valence-corrected chi connectivity index (χ1v) is 13.4. The highest BCUT2D eigenvalue weighted by molar-refractivity contribution is 6.12. The minimum atomic E-state index is -0.870. The van der Waals surface area contributed by atoms with E-state index in [4.69, 9.17) is 11.6 Å². The lowest BCUT2D eigenvalue weighted by atomic mass is 9.94.